The summed E-state index contributed by atoms with van der Waals surface area (Å²) in [6.07, 6.45) is 5.37. The highest BCUT2D eigenvalue weighted by Crippen LogP contribution is 2.23. The molecule has 4 aromatic carbocycles. The van der Waals surface area contributed by atoms with Crippen molar-refractivity contribution < 1.29 is 18.5 Å². The quantitative estimate of drug-likeness (QED) is 0.0518. The highest BCUT2D eigenvalue weighted by Gasteiger charge is 2.40. The van der Waals surface area contributed by atoms with E-state index in [4.69, 9.17) is 9.47 Å². The normalized spacial score (nSPS) is 12.9. The zero-order valence-electron chi connectivity index (χ0n) is 24.7. The third kappa shape index (κ3) is 6.98. The number of nitrogens with zero attached hydrogens (tertiary/aromatic N) is 6. The summed E-state index contributed by atoms with van der Waals surface area (Å²) in [5, 5.41) is 25.1. The number of fused-ring (bicyclic) bond motifs is 2. The van der Waals surface area contributed by atoms with Crippen LogP contribution >= 0.6 is 0 Å². The number of rotatable bonds is 15. The maximum atomic E-state index is 17.7. The van der Waals surface area contributed by atoms with E-state index < -0.39 is 13.3 Å². The SMILES string of the molecule is O=[N+]([O-])c1nccn1CCOCCOCc1cn(CCC[Si]([18F])(c2ccc3ccccc3c2)c2cccc3ccccc23)nn1. The first-order valence-electron chi connectivity index (χ1n) is 14.9. The Labute approximate surface area is 260 Å². The smallest absolute Gasteiger partial charge is 0.390 e. The summed E-state index contributed by atoms with van der Waals surface area (Å²) in [4.78, 5) is 14.1. The van der Waals surface area contributed by atoms with Gasteiger partial charge in [0.1, 0.15) is 18.1 Å². The molecule has 2 aromatic heterocycles. The monoisotopic (exact) mass is 623 g/mol. The maximum Gasteiger partial charge on any atom is 0.434 e. The number of hydrogen-bond acceptors (Lipinski definition) is 7. The number of ether oxygens (including phenoxy) is 2. The highest BCUT2D eigenvalue weighted by atomic mass is 28.4. The van der Waals surface area contributed by atoms with E-state index in [1.807, 2.05) is 85.1 Å². The van der Waals surface area contributed by atoms with Crippen LogP contribution in [0, 0.1) is 10.1 Å². The molecule has 0 saturated carbocycles. The molecule has 0 fully saturated rings. The lowest BCUT2D eigenvalue weighted by molar-refractivity contribution is -0.396. The molecular formula is C33H33FN6O4Si. The average molecular weight is 624 g/mol. The van der Waals surface area contributed by atoms with Crippen molar-refractivity contribution in [2.75, 3.05) is 19.8 Å². The zero-order valence-corrected chi connectivity index (χ0v) is 25.7. The van der Waals surface area contributed by atoms with Crippen molar-refractivity contribution in [3.8, 4) is 0 Å². The van der Waals surface area contributed by atoms with Gasteiger partial charge >= 0.3 is 14.4 Å². The average Bonchev–Trinajstić information content (AvgIpc) is 3.73. The van der Waals surface area contributed by atoms with Crippen molar-refractivity contribution >= 4 is 46.3 Å². The molecule has 6 aromatic rings. The molecule has 0 bridgehead atoms. The van der Waals surface area contributed by atoms with Crippen LogP contribution in [0.25, 0.3) is 21.5 Å². The van der Waals surface area contributed by atoms with Gasteiger partial charge < -0.3 is 23.7 Å². The van der Waals surface area contributed by atoms with Gasteiger partial charge in [-0.1, -0.05) is 95.1 Å². The van der Waals surface area contributed by atoms with Crippen LogP contribution in [0.1, 0.15) is 12.1 Å². The number of aryl methyl sites for hydroxylation is 1. The number of aromatic nitrogens is 5. The lowest BCUT2D eigenvalue weighted by atomic mass is 10.1. The number of imidazole rings is 1. The summed E-state index contributed by atoms with van der Waals surface area (Å²) in [7, 11) is -3.63. The molecule has 45 heavy (non-hydrogen) atoms. The van der Waals surface area contributed by atoms with Crippen molar-refractivity contribution in [3.63, 3.8) is 0 Å². The summed E-state index contributed by atoms with van der Waals surface area (Å²) >= 11 is 0. The Morgan fingerprint density at radius 3 is 2.51 bits per heavy atom. The molecule has 6 rings (SSSR count). The first-order chi connectivity index (χ1) is 22.0. The van der Waals surface area contributed by atoms with E-state index in [-0.39, 0.29) is 12.6 Å². The van der Waals surface area contributed by atoms with Crippen LogP contribution in [-0.2, 0) is 29.2 Å². The summed E-state index contributed by atoms with van der Waals surface area (Å²) in [5.74, 6) is -0.209. The van der Waals surface area contributed by atoms with Gasteiger partial charge in [-0.15, -0.1) is 5.10 Å². The molecule has 0 radical (unpaired) electrons. The van der Waals surface area contributed by atoms with Gasteiger partial charge in [0.05, 0.1) is 39.2 Å². The van der Waals surface area contributed by atoms with Crippen LogP contribution in [0.2, 0.25) is 6.04 Å². The van der Waals surface area contributed by atoms with Gasteiger partial charge in [-0.3, -0.25) is 4.68 Å². The summed E-state index contributed by atoms with van der Waals surface area (Å²) in [6, 6.07) is 28.5. The number of nitro groups is 1. The minimum Gasteiger partial charge on any atom is -0.390 e. The molecule has 0 amide bonds. The maximum absolute atomic E-state index is 17.7. The first-order valence-corrected chi connectivity index (χ1v) is 17.0. The van der Waals surface area contributed by atoms with Crippen molar-refractivity contribution in [1.82, 2.24) is 24.5 Å². The minimum absolute atomic E-state index is 0.209. The van der Waals surface area contributed by atoms with Gasteiger partial charge in [-0.05, 0) is 49.3 Å². The Kier molecular flexibility index (Phi) is 9.34. The highest BCUT2D eigenvalue weighted by molar-refractivity contribution is 6.98. The Morgan fingerprint density at radius 1 is 0.867 bits per heavy atom. The Bertz CT molecular complexity index is 1910. The van der Waals surface area contributed by atoms with Gasteiger partial charge in [0.2, 0.25) is 0 Å². The second-order valence-electron chi connectivity index (χ2n) is 10.8. The number of hydrogen-bond donors (Lipinski definition) is 0. The van der Waals surface area contributed by atoms with Gasteiger partial charge in [0.25, 0.3) is 0 Å². The fourth-order valence-corrected chi connectivity index (χ4v) is 8.91. The molecule has 0 aliphatic carbocycles. The third-order valence-electron chi connectivity index (χ3n) is 7.87. The molecule has 0 aliphatic heterocycles. The molecule has 1 unspecified atom stereocenters. The van der Waals surface area contributed by atoms with Gasteiger partial charge in [0.15, 0.2) is 0 Å². The van der Waals surface area contributed by atoms with E-state index >= 15 is 4.11 Å². The fourth-order valence-electron chi connectivity index (χ4n) is 5.65. The standard InChI is InChI=1S/C33H33FN6O4Si/c34-45(30-14-13-26-7-1-2-9-28(26)23-30,32-12-5-10-27-8-3-4-11-31(27)32)22-6-16-39-24-29(36-37-39)25-44-21-20-43-19-18-38-17-15-35-33(38)40(41)42/h1-5,7-15,17,23-24H,6,16,18-22,25H2/i34-1. The van der Waals surface area contributed by atoms with Crippen LogP contribution < -0.4 is 10.4 Å². The minimum atomic E-state index is -3.63. The summed E-state index contributed by atoms with van der Waals surface area (Å²) in [6.45, 7) is 2.11. The Balaban J connectivity index is 1.05. The van der Waals surface area contributed by atoms with Crippen LogP contribution in [-0.4, -0.2) is 57.7 Å². The van der Waals surface area contributed by atoms with Crippen LogP contribution in [0.3, 0.4) is 0 Å². The predicted octanol–water partition coefficient (Wildman–Crippen LogP) is 5.04. The van der Waals surface area contributed by atoms with Crippen LogP contribution in [0.15, 0.2) is 104 Å². The molecule has 0 aliphatic rings. The third-order valence-corrected chi connectivity index (χ3v) is 11.4. The van der Waals surface area contributed by atoms with Crippen LogP contribution in [0.4, 0.5) is 10.1 Å². The van der Waals surface area contributed by atoms with E-state index in [2.05, 4.69) is 21.4 Å². The predicted molar refractivity (Wildman–Crippen MR) is 173 cm³/mol. The van der Waals surface area contributed by atoms with E-state index in [1.165, 1.54) is 10.8 Å². The first kappa shape index (κ1) is 30.3. The second kappa shape index (κ2) is 13.9. The number of halogens is 1. The van der Waals surface area contributed by atoms with Crippen molar-refractivity contribution in [1.29, 1.82) is 0 Å². The van der Waals surface area contributed by atoms with Gasteiger partial charge in [-0.25, -0.2) is 4.57 Å². The van der Waals surface area contributed by atoms with E-state index in [1.54, 1.807) is 10.9 Å². The molecule has 0 N–H and O–H groups in total. The molecule has 230 valence electrons. The lowest BCUT2D eigenvalue weighted by Gasteiger charge is -2.25. The van der Waals surface area contributed by atoms with E-state index in [9.17, 15) is 10.1 Å². The van der Waals surface area contributed by atoms with Gasteiger partial charge in [0, 0.05) is 6.54 Å². The molecular weight excluding hydrogens is 590 g/mol. The van der Waals surface area contributed by atoms with E-state index in [0.717, 1.165) is 31.9 Å². The Hall–Kier alpha value is -4.78. The summed E-state index contributed by atoms with van der Waals surface area (Å²) in [5.41, 5.74) is 0.677. The molecule has 12 heteroatoms. The molecule has 10 nitrogen and oxygen atoms in total. The van der Waals surface area contributed by atoms with Gasteiger partial charge in [-0.2, -0.15) is 0 Å². The number of benzene rings is 4. The van der Waals surface area contributed by atoms with Crippen LogP contribution in [0.5, 0.6) is 0 Å². The fraction of sp³-hybridized carbons (Fsp3) is 0.242. The van der Waals surface area contributed by atoms with Crippen molar-refractivity contribution in [2.24, 2.45) is 0 Å². The topological polar surface area (TPSA) is 110 Å². The van der Waals surface area contributed by atoms with E-state index in [0.29, 0.717) is 51.1 Å². The second-order valence-corrected chi connectivity index (χ2v) is 14.0. The molecule has 1 atom stereocenters. The molecule has 2 heterocycles. The summed E-state index contributed by atoms with van der Waals surface area (Å²) < 4.78 is 32.0. The molecule has 0 spiro atoms. The Morgan fingerprint density at radius 2 is 1.64 bits per heavy atom. The van der Waals surface area contributed by atoms with Crippen molar-refractivity contribution in [3.05, 3.63) is 119 Å². The lowest BCUT2D eigenvalue weighted by Crippen LogP contribution is -2.55. The zero-order chi connectivity index (χ0) is 31.1. The largest absolute Gasteiger partial charge is 0.434 e. The van der Waals surface area contributed by atoms with Crippen molar-refractivity contribution in [2.45, 2.75) is 32.2 Å². The molecule has 0 saturated heterocycles.